The summed E-state index contributed by atoms with van der Waals surface area (Å²) in [5.41, 5.74) is 0.930. The number of carbonyl (C=O) groups is 1. The number of benzene rings is 1. The Bertz CT molecular complexity index is 469. The Morgan fingerprint density at radius 1 is 1.50 bits per heavy atom. The van der Waals surface area contributed by atoms with E-state index in [1.165, 1.54) is 11.8 Å². The summed E-state index contributed by atoms with van der Waals surface area (Å²) >= 11 is 1.54. The van der Waals surface area contributed by atoms with Crippen LogP contribution in [0.25, 0.3) is 0 Å². The fourth-order valence-electron chi connectivity index (χ4n) is 2.21. The number of carbonyl (C=O) groups excluding carboxylic acids is 1. The molecule has 5 heteroatoms. The van der Waals surface area contributed by atoms with Crippen LogP contribution in [0.4, 0.5) is 5.69 Å². The molecular weight excluding hydrogens is 248 g/mol. The highest BCUT2D eigenvalue weighted by Crippen LogP contribution is 2.35. The van der Waals surface area contributed by atoms with Gasteiger partial charge in [-0.15, -0.1) is 11.8 Å². The fraction of sp³-hybridized carbons (Fsp3) is 0.462. The zero-order valence-electron chi connectivity index (χ0n) is 10.8. The molecule has 2 rings (SSSR count). The van der Waals surface area contributed by atoms with Crippen LogP contribution in [0.3, 0.4) is 0 Å². The van der Waals surface area contributed by atoms with Crippen LogP contribution in [-0.2, 0) is 4.79 Å². The maximum Gasteiger partial charge on any atom is 0.234 e. The average Bonchev–Trinajstić information content (AvgIpc) is 2.27. The van der Waals surface area contributed by atoms with Crippen LogP contribution in [0.1, 0.15) is 25.5 Å². The van der Waals surface area contributed by atoms with Gasteiger partial charge in [-0.1, -0.05) is 6.07 Å². The van der Waals surface area contributed by atoms with Crippen molar-refractivity contribution in [2.75, 3.05) is 18.1 Å². The first-order valence-electron chi connectivity index (χ1n) is 5.88. The smallest absolute Gasteiger partial charge is 0.234 e. The van der Waals surface area contributed by atoms with E-state index < -0.39 is 5.60 Å². The summed E-state index contributed by atoms with van der Waals surface area (Å²) in [5.74, 6) is 0.488. The maximum atomic E-state index is 11.4. The van der Waals surface area contributed by atoms with Crippen molar-refractivity contribution >= 4 is 23.4 Å². The molecule has 1 unspecified atom stereocenters. The van der Waals surface area contributed by atoms with Crippen molar-refractivity contribution in [1.29, 1.82) is 0 Å². The van der Waals surface area contributed by atoms with Crippen LogP contribution in [0, 0.1) is 0 Å². The first-order chi connectivity index (χ1) is 8.41. The number of nitrogens with one attached hydrogen (secondary N) is 2. The SMILES string of the molecule is CNC(c1ccc2c(c1)NC(=O)CS2)C(C)(C)O. The van der Waals surface area contributed by atoms with E-state index in [-0.39, 0.29) is 11.9 Å². The normalized spacial score (nSPS) is 17.0. The number of hydrogen-bond donors (Lipinski definition) is 3. The van der Waals surface area contributed by atoms with Crippen molar-refractivity contribution in [2.24, 2.45) is 0 Å². The molecule has 0 fully saturated rings. The predicted octanol–water partition coefficient (Wildman–Crippen LogP) is 1.76. The topological polar surface area (TPSA) is 61.4 Å². The van der Waals surface area contributed by atoms with Crippen LogP contribution in [0.2, 0.25) is 0 Å². The van der Waals surface area contributed by atoms with Crippen LogP contribution < -0.4 is 10.6 Å². The molecule has 0 aromatic heterocycles. The van der Waals surface area contributed by atoms with Crippen LogP contribution in [0.5, 0.6) is 0 Å². The van der Waals surface area contributed by atoms with Crippen molar-refractivity contribution in [3.05, 3.63) is 23.8 Å². The second-order valence-corrected chi connectivity index (χ2v) is 5.98. The second kappa shape index (κ2) is 4.91. The highest BCUT2D eigenvalue weighted by Gasteiger charge is 2.28. The highest BCUT2D eigenvalue weighted by atomic mass is 32.2. The van der Waals surface area contributed by atoms with Gasteiger partial charge in [0.2, 0.25) is 5.91 Å². The minimum absolute atomic E-state index is 0.0221. The molecule has 1 aromatic carbocycles. The van der Waals surface area contributed by atoms with E-state index in [0.717, 1.165) is 16.1 Å². The molecule has 1 atom stereocenters. The highest BCUT2D eigenvalue weighted by molar-refractivity contribution is 8.00. The van der Waals surface area contributed by atoms with E-state index >= 15 is 0 Å². The second-order valence-electron chi connectivity index (χ2n) is 4.97. The average molecular weight is 266 g/mol. The van der Waals surface area contributed by atoms with Gasteiger partial charge in [-0.05, 0) is 38.6 Å². The van der Waals surface area contributed by atoms with E-state index in [4.69, 9.17) is 0 Å². The van der Waals surface area contributed by atoms with Crippen LogP contribution in [0.15, 0.2) is 23.1 Å². The Balaban J connectivity index is 2.35. The van der Waals surface area contributed by atoms with Gasteiger partial charge in [-0.25, -0.2) is 0 Å². The van der Waals surface area contributed by atoms with Gasteiger partial charge in [0.15, 0.2) is 0 Å². The lowest BCUT2D eigenvalue weighted by atomic mass is 9.92. The lowest BCUT2D eigenvalue weighted by Gasteiger charge is -2.30. The zero-order valence-corrected chi connectivity index (χ0v) is 11.6. The number of anilines is 1. The minimum atomic E-state index is -0.866. The number of rotatable bonds is 3. The number of hydrogen-bond acceptors (Lipinski definition) is 4. The third-order valence-corrected chi connectivity index (χ3v) is 4.04. The molecule has 4 nitrogen and oxygen atoms in total. The van der Waals surface area contributed by atoms with Gasteiger partial charge in [-0.3, -0.25) is 4.79 Å². The molecule has 0 spiro atoms. The number of likely N-dealkylation sites (N-methyl/N-ethyl adjacent to an activating group) is 1. The monoisotopic (exact) mass is 266 g/mol. The van der Waals surface area contributed by atoms with Crippen LogP contribution >= 0.6 is 11.8 Å². The molecule has 1 amide bonds. The number of amides is 1. The first kappa shape index (κ1) is 13.4. The fourth-order valence-corrected chi connectivity index (χ4v) is 3.00. The third kappa shape index (κ3) is 2.68. The van der Waals surface area contributed by atoms with E-state index in [2.05, 4.69) is 10.6 Å². The van der Waals surface area contributed by atoms with Crippen molar-refractivity contribution < 1.29 is 9.90 Å². The molecular formula is C13H18N2O2S. The Labute approximate surface area is 111 Å². The molecule has 0 aliphatic carbocycles. The minimum Gasteiger partial charge on any atom is -0.388 e. The predicted molar refractivity (Wildman–Crippen MR) is 73.9 cm³/mol. The Morgan fingerprint density at radius 3 is 2.83 bits per heavy atom. The van der Waals surface area contributed by atoms with Gasteiger partial charge >= 0.3 is 0 Å². The van der Waals surface area contributed by atoms with Gasteiger partial charge in [0, 0.05) is 4.90 Å². The van der Waals surface area contributed by atoms with Crippen molar-refractivity contribution in [2.45, 2.75) is 30.4 Å². The lowest BCUT2D eigenvalue weighted by Crippen LogP contribution is -2.37. The quantitative estimate of drug-likeness (QED) is 0.780. The van der Waals surface area contributed by atoms with Crippen molar-refractivity contribution in [3.63, 3.8) is 0 Å². The number of fused-ring (bicyclic) bond motifs is 1. The van der Waals surface area contributed by atoms with Crippen molar-refractivity contribution in [3.8, 4) is 0 Å². The number of aliphatic hydroxyl groups is 1. The molecule has 0 saturated carbocycles. The van der Waals surface area contributed by atoms with Gasteiger partial charge in [-0.2, -0.15) is 0 Å². The Hall–Kier alpha value is -1.04. The molecule has 1 aliphatic rings. The van der Waals surface area contributed by atoms with Crippen LogP contribution in [-0.4, -0.2) is 29.4 Å². The van der Waals surface area contributed by atoms with Gasteiger partial charge < -0.3 is 15.7 Å². The first-order valence-corrected chi connectivity index (χ1v) is 6.86. The maximum absolute atomic E-state index is 11.4. The van der Waals surface area contributed by atoms with Crippen molar-refractivity contribution in [1.82, 2.24) is 5.32 Å². The van der Waals surface area contributed by atoms with E-state index in [0.29, 0.717) is 5.75 Å². The Kier molecular flexibility index (Phi) is 3.66. The summed E-state index contributed by atoms with van der Waals surface area (Å²) in [7, 11) is 1.81. The van der Waals surface area contributed by atoms with E-state index in [1.807, 2.05) is 25.2 Å². The molecule has 3 N–H and O–H groups in total. The van der Waals surface area contributed by atoms with Gasteiger partial charge in [0.1, 0.15) is 0 Å². The number of thioether (sulfide) groups is 1. The Morgan fingerprint density at radius 2 is 2.22 bits per heavy atom. The molecule has 0 saturated heterocycles. The standard InChI is InChI=1S/C13H18N2O2S/c1-13(2,17)12(14-3)8-4-5-10-9(6-8)15-11(16)7-18-10/h4-6,12,14,17H,7H2,1-3H3,(H,15,16). The summed E-state index contributed by atoms with van der Waals surface area (Å²) in [6.45, 7) is 3.53. The summed E-state index contributed by atoms with van der Waals surface area (Å²) in [6.07, 6.45) is 0. The van der Waals surface area contributed by atoms with Gasteiger partial charge in [0.05, 0.1) is 23.1 Å². The third-order valence-electron chi connectivity index (χ3n) is 2.96. The van der Waals surface area contributed by atoms with E-state index in [9.17, 15) is 9.90 Å². The molecule has 98 valence electrons. The molecule has 1 aliphatic heterocycles. The largest absolute Gasteiger partial charge is 0.388 e. The zero-order chi connectivity index (χ0) is 13.3. The summed E-state index contributed by atoms with van der Waals surface area (Å²) in [6, 6.07) is 5.73. The van der Waals surface area contributed by atoms with E-state index in [1.54, 1.807) is 13.8 Å². The summed E-state index contributed by atoms with van der Waals surface area (Å²) in [4.78, 5) is 12.4. The molecule has 18 heavy (non-hydrogen) atoms. The molecule has 1 aromatic rings. The van der Waals surface area contributed by atoms with Gasteiger partial charge in [0.25, 0.3) is 0 Å². The molecule has 0 radical (unpaired) electrons. The lowest BCUT2D eigenvalue weighted by molar-refractivity contribution is -0.113. The summed E-state index contributed by atoms with van der Waals surface area (Å²) < 4.78 is 0. The molecule has 0 bridgehead atoms. The summed E-state index contributed by atoms with van der Waals surface area (Å²) in [5, 5.41) is 16.1. The molecule has 1 heterocycles.